The largest absolute Gasteiger partial charge is 0.313 e. The lowest BCUT2D eigenvalue weighted by atomic mass is 9.92. The van der Waals surface area contributed by atoms with Crippen molar-refractivity contribution in [2.24, 2.45) is 0 Å². The van der Waals surface area contributed by atoms with Crippen molar-refractivity contribution in [2.75, 3.05) is 7.05 Å². The van der Waals surface area contributed by atoms with Gasteiger partial charge >= 0.3 is 0 Å². The molecule has 0 aliphatic rings. The van der Waals surface area contributed by atoms with Gasteiger partial charge in [-0.15, -0.1) is 13.0 Å². The van der Waals surface area contributed by atoms with Gasteiger partial charge in [-0.2, -0.15) is 0 Å². The van der Waals surface area contributed by atoms with Crippen LogP contribution in [-0.2, 0) is 0 Å². The van der Waals surface area contributed by atoms with Crippen LogP contribution < -0.4 is 5.32 Å². The van der Waals surface area contributed by atoms with E-state index in [-0.39, 0.29) is 6.04 Å². The SMILES string of the molecule is C#C/C=C(\C(/C=C\C=C)=C(C)C)c1ccc(C(CC=C)NC)cc1. The molecule has 0 saturated heterocycles. The van der Waals surface area contributed by atoms with Crippen molar-refractivity contribution in [1.82, 2.24) is 5.32 Å². The maximum absolute atomic E-state index is 5.56. The number of nitrogens with one attached hydrogen (secondary N) is 1. The molecule has 0 aromatic heterocycles. The first-order valence-electron chi connectivity index (χ1n) is 8.10. The van der Waals surface area contributed by atoms with Crippen LogP contribution in [0.25, 0.3) is 5.57 Å². The summed E-state index contributed by atoms with van der Waals surface area (Å²) in [6, 6.07) is 8.81. The third-order valence-electron chi connectivity index (χ3n) is 3.83. The van der Waals surface area contributed by atoms with Gasteiger partial charge in [0, 0.05) is 6.04 Å². The Morgan fingerprint density at radius 1 is 1.25 bits per heavy atom. The van der Waals surface area contributed by atoms with Crippen LogP contribution in [-0.4, -0.2) is 7.05 Å². The van der Waals surface area contributed by atoms with Gasteiger partial charge in [-0.25, -0.2) is 0 Å². The third kappa shape index (κ3) is 5.26. The monoisotopic (exact) mass is 317 g/mol. The fourth-order valence-electron chi connectivity index (χ4n) is 2.57. The summed E-state index contributed by atoms with van der Waals surface area (Å²) in [5.74, 6) is 2.67. The molecule has 0 aliphatic carbocycles. The summed E-state index contributed by atoms with van der Waals surface area (Å²) in [4.78, 5) is 0. The first kappa shape index (κ1) is 19.5. The lowest BCUT2D eigenvalue weighted by Gasteiger charge is -2.16. The van der Waals surface area contributed by atoms with Crippen molar-refractivity contribution in [2.45, 2.75) is 26.3 Å². The maximum Gasteiger partial charge on any atom is 0.0352 e. The van der Waals surface area contributed by atoms with Crippen LogP contribution in [0.15, 0.2) is 78.9 Å². The molecule has 0 radical (unpaired) electrons. The molecule has 1 atom stereocenters. The maximum atomic E-state index is 5.56. The second-order valence-corrected chi connectivity index (χ2v) is 5.72. The van der Waals surface area contributed by atoms with Crippen LogP contribution in [0.3, 0.4) is 0 Å². The Bertz CT molecular complexity index is 687. The molecule has 0 fully saturated rings. The summed E-state index contributed by atoms with van der Waals surface area (Å²) in [7, 11) is 1.97. The smallest absolute Gasteiger partial charge is 0.0352 e. The number of hydrogen-bond donors (Lipinski definition) is 1. The van der Waals surface area contributed by atoms with E-state index in [0.29, 0.717) is 0 Å². The summed E-state index contributed by atoms with van der Waals surface area (Å²) >= 11 is 0. The second kappa shape index (κ2) is 10.3. The molecular weight excluding hydrogens is 290 g/mol. The first-order chi connectivity index (χ1) is 11.6. The van der Waals surface area contributed by atoms with Crippen LogP contribution in [0, 0.1) is 12.3 Å². The predicted molar refractivity (Wildman–Crippen MR) is 108 cm³/mol. The second-order valence-electron chi connectivity index (χ2n) is 5.72. The van der Waals surface area contributed by atoms with E-state index in [2.05, 4.69) is 62.5 Å². The standard InChI is InChI=1S/C23H27N/c1-7-10-13-21(18(4)5)22(11-8-2)19-14-16-20(17-15-19)23(24-6)12-9-3/h2,7,9-11,13-17,23-24H,1,3,12H2,4-6H3/b13-10-,22-11-. The Kier molecular flexibility index (Phi) is 8.33. The van der Waals surface area contributed by atoms with Crippen molar-refractivity contribution in [3.8, 4) is 12.3 Å². The minimum atomic E-state index is 0.278. The molecule has 0 saturated carbocycles. The van der Waals surface area contributed by atoms with Crippen LogP contribution >= 0.6 is 0 Å². The van der Waals surface area contributed by atoms with E-state index in [4.69, 9.17) is 6.42 Å². The Morgan fingerprint density at radius 3 is 2.38 bits per heavy atom. The Hall–Kier alpha value is -2.56. The van der Waals surface area contributed by atoms with Gasteiger partial charge in [0.05, 0.1) is 0 Å². The zero-order valence-corrected chi connectivity index (χ0v) is 15.0. The molecule has 0 heterocycles. The molecular formula is C23H27N. The van der Waals surface area contributed by atoms with Gasteiger partial charge in [0.15, 0.2) is 0 Å². The summed E-state index contributed by atoms with van der Waals surface area (Å²) in [5.41, 5.74) is 5.72. The van der Waals surface area contributed by atoms with E-state index >= 15 is 0 Å². The Morgan fingerprint density at radius 2 is 1.92 bits per heavy atom. The number of hydrogen-bond acceptors (Lipinski definition) is 1. The van der Waals surface area contributed by atoms with Crippen molar-refractivity contribution in [3.63, 3.8) is 0 Å². The number of benzene rings is 1. The zero-order chi connectivity index (χ0) is 17.9. The topological polar surface area (TPSA) is 12.0 Å². The van der Waals surface area contributed by atoms with Gasteiger partial charge < -0.3 is 5.32 Å². The molecule has 124 valence electrons. The summed E-state index contributed by atoms with van der Waals surface area (Å²) in [6.45, 7) is 11.7. The lowest BCUT2D eigenvalue weighted by Crippen LogP contribution is -2.15. The highest BCUT2D eigenvalue weighted by Gasteiger charge is 2.10. The molecule has 0 amide bonds. The Balaban J connectivity index is 3.29. The van der Waals surface area contributed by atoms with Crippen LogP contribution in [0.4, 0.5) is 0 Å². The molecule has 1 aromatic carbocycles. The first-order valence-corrected chi connectivity index (χ1v) is 8.10. The van der Waals surface area contributed by atoms with Gasteiger partial charge in [-0.05, 0) is 55.7 Å². The van der Waals surface area contributed by atoms with E-state index in [0.717, 1.165) is 23.1 Å². The molecule has 0 aliphatic heterocycles. The van der Waals surface area contributed by atoms with E-state index in [1.165, 1.54) is 11.1 Å². The van der Waals surface area contributed by atoms with Gasteiger partial charge in [0.2, 0.25) is 0 Å². The highest BCUT2D eigenvalue weighted by atomic mass is 14.9. The molecule has 1 unspecified atom stereocenters. The minimum absolute atomic E-state index is 0.278. The highest BCUT2D eigenvalue weighted by Crippen LogP contribution is 2.28. The summed E-state index contributed by atoms with van der Waals surface area (Å²) in [6.07, 6.45) is 16.0. The fourth-order valence-corrected chi connectivity index (χ4v) is 2.57. The molecule has 1 rings (SSSR count). The minimum Gasteiger partial charge on any atom is -0.313 e. The van der Waals surface area contributed by atoms with Crippen LogP contribution in [0.5, 0.6) is 0 Å². The summed E-state index contributed by atoms with van der Waals surface area (Å²) in [5, 5.41) is 3.31. The number of allylic oxidation sites excluding steroid dienone is 7. The molecule has 0 bridgehead atoms. The van der Waals surface area contributed by atoms with Crippen molar-refractivity contribution >= 4 is 5.57 Å². The van der Waals surface area contributed by atoms with Gasteiger partial charge in [-0.3, -0.25) is 0 Å². The lowest BCUT2D eigenvalue weighted by molar-refractivity contribution is 0.604. The van der Waals surface area contributed by atoms with E-state index < -0.39 is 0 Å². The zero-order valence-electron chi connectivity index (χ0n) is 15.0. The van der Waals surface area contributed by atoms with E-state index in [1.807, 2.05) is 31.4 Å². The number of rotatable bonds is 8. The predicted octanol–water partition coefficient (Wildman–Crippen LogP) is 5.62. The highest BCUT2D eigenvalue weighted by molar-refractivity contribution is 5.84. The molecule has 1 heteroatoms. The van der Waals surface area contributed by atoms with Crippen molar-refractivity contribution < 1.29 is 0 Å². The average molecular weight is 317 g/mol. The molecule has 0 spiro atoms. The van der Waals surface area contributed by atoms with Crippen molar-refractivity contribution in [3.05, 3.63) is 90.1 Å². The van der Waals surface area contributed by atoms with E-state index in [9.17, 15) is 0 Å². The number of terminal acetylenes is 1. The van der Waals surface area contributed by atoms with Crippen LogP contribution in [0.2, 0.25) is 0 Å². The van der Waals surface area contributed by atoms with Gasteiger partial charge in [0.25, 0.3) is 0 Å². The molecule has 1 N–H and O–H groups in total. The molecule has 24 heavy (non-hydrogen) atoms. The summed E-state index contributed by atoms with van der Waals surface area (Å²) < 4.78 is 0. The fraction of sp³-hybridized carbons (Fsp3) is 0.217. The average Bonchev–Trinajstić information content (AvgIpc) is 2.59. The van der Waals surface area contributed by atoms with Crippen molar-refractivity contribution in [1.29, 1.82) is 0 Å². The molecule has 1 nitrogen and oxygen atoms in total. The normalized spacial score (nSPS) is 12.5. The van der Waals surface area contributed by atoms with Gasteiger partial charge in [-0.1, -0.05) is 66.6 Å². The Labute approximate surface area is 147 Å². The third-order valence-corrected chi connectivity index (χ3v) is 3.83. The molecule has 1 aromatic rings. The van der Waals surface area contributed by atoms with Gasteiger partial charge in [0.1, 0.15) is 0 Å². The van der Waals surface area contributed by atoms with Crippen LogP contribution in [0.1, 0.15) is 37.4 Å². The quantitative estimate of drug-likeness (QED) is 0.373. The van der Waals surface area contributed by atoms with E-state index in [1.54, 1.807) is 6.08 Å².